The monoisotopic (exact) mass is 449 g/mol. The van der Waals surface area contributed by atoms with Crippen LogP contribution in [-0.2, 0) is 29.2 Å². The van der Waals surface area contributed by atoms with E-state index in [1.165, 1.54) is 28.6 Å². The van der Waals surface area contributed by atoms with Gasteiger partial charge in [0.1, 0.15) is 23.7 Å². The van der Waals surface area contributed by atoms with Crippen LogP contribution in [0.1, 0.15) is 18.1 Å². The minimum Gasteiger partial charge on any atom is -0.352 e. The Labute approximate surface area is 188 Å². The van der Waals surface area contributed by atoms with Crippen LogP contribution in [-0.4, -0.2) is 26.8 Å². The fourth-order valence-electron chi connectivity index (χ4n) is 3.48. The molecule has 7 nitrogen and oxygen atoms in total. The highest BCUT2D eigenvalue weighted by atomic mass is 19.1. The molecule has 0 bridgehead atoms. The van der Waals surface area contributed by atoms with Gasteiger partial charge in [-0.3, -0.25) is 9.59 Å². The number of nitrogens with one attached hydrogen (secondary N) is 1. The maximum atomic E-state index is 13.8. The quantitative estimate of drug-likeness (QED) is 0.468. The zero-order valence-corrected chi connectivity index (χ0v) is 17.8. The van der Waals surface area contributed by atoms with Gasteiger partial charge in [0, 0.05) is 25.2 Å². The van der Waals surface area contributed by atoms with Crippen molar-refractivity contribution in [3.8, 4) is 0 Å². The molecule has 0 radical (unpaired) electrons. The average Bonchev–Trinajstić information content (AvgIpc) is 3.18. The van der Waals surface area contributed by atoms with Gasteiger partial charge in [0.05, 0.1) is 12.1 Å². The van der Waals surface area contributed by atoms with Crippen LogP contribution in [0, 0.1) is 11.6 Å². The third-order valence-electron chi connectivity index (χ3n) is 5.06. The van der Waals surface area contributed by atoms with Crippen molar-refractivity contribution in [2.45, 2.75) is 26.6 Å². The summed E-state index contributed by atoms with van der Waals surface area (Å²) in [6, 6.07) is 17.5. The summed E-state index contributed by atoms with van der Waals surface area (Å²) in [5, 5.41) is 10.8. The zero-order chi connectivity index (χ0) is 23.4. The number of para-hydroxylation sites is 1. The predicted molar refractivity (Wildman–Crippen MR) is 119 cm³/mol. The van der Waals surface area contributed by atoms with Crippen molar-refractivity contribution in [1.29, 1.82) is 0 Å². The first-order chi connectivity index (χ1) is 15.9. The van der Waals surface area contributed by atoms with Gasteiger partial charge in [-0.2, -0.15) is 0 Å². The Morgan fingerprint density at radius 2 is 1.67 bits per heavy atom. The van der Waals surface area contributed by atoms with E-state index in [-0.39, 0.29) is 24.9 Å². The Hall–Kier alpha value is -4.14. The Kier molecular flexibility index (Phi) is 6.39. The molecule has 3 aromatic carbocycles. The molecule has 0 saturated heterocycles. The lowest BCUT2D eigenvalue weighted by Crippen LogP contribution is -2.34. The molecular weight excluding hydrogens is 428 g/mol. The first kappa shape index (κ1) is 22.1. The molecule has 168 valence electrons. The molecular formula is C24H21F2N5O2. The molecule has 1 heterocycles. The number of amides is 2. The van der Waals surface area contributed by atoms with E-state index >= 15 is 0 Å². The van der Waals surface area contributed by atoms with Gasteiger partial charge in [0.25, 0.3) is 0 Å². The van der Waals surface area contributed by atoms with E-state index in [2.05, 4.69) is 15.6 Å². The van der Waals surface area contributed by atoms with Crippen LogP contribution in [0.4, 0.5) is 14.5 Å². The maximum Gasteiger partial charge on any atom is 0.249 e. The number of rotatable bonds is 7. The van der Waals surface area contributed by atoms with Crippen molar-refractivity contribution in [3.05, 3.63) is 89.5 Å². The van der Waals surface area contributed by atoms with Crippen LogP contribution < -0.4 is 10.2 Å². The van der Waals surface area contributed by atoms with Gasteiger partial charge in [0.2, 0.25) is 11.8 Å². The van der Waals surface area contributed by atoms with Crippen LogP contribution >= 0.6 is 0 Å². The van der Waals surface area contributed by atoms with Crippen LogP contribution in [0.3, 0.4) is 0 Å². The van der Waals surface area contributed by atoms with Gasteiger partial charge in [0.15, 0.2) is 0 Å². The molecule has 0 aliphatic heterocycles. The number of fused-ring (bicyclic) bond motifs is 1. The smallest absolute Gasteiger partial charge is 0.249 e. The Morgan fingerprint density at radius 1 is 0.970 bits per heavy atom. The van der Waals surface area contributed by atoms with E-state index in [0.717, 1.165) is 11.6 Å². The zero-order valence-electron chi connectivity index (χ0n) is 17.8. The first-order valence-corrected chi connectivity index (χ1v) is 10.3. The highest BCUT2D eigenvalue weighted by Crippen LogP contribution is 2.21. The van der Waals surface area contributed by atoms with E-state index in [0.29, 0.717) is 28.8 Å². The normalized spacial score (nSPS) is 10.9. The van der Waals surface area contributed by atoms with E-state index < -0.39 is 11.6 Å². The van der Waals surface area contributed by atoms with Gasteiger partial charge in [-0.15, -0.1) is 5.10 Å². The third kappa shape index (κ3) is 5.38. The number of benzene rings is 3. The van der Waals surface area contributed by atoms with Crippen LogP contribution in [0.5, 0.6) is 0 Å². The molecule has 0 fully saturated rings. The summed E-state index contributed by atoms with van der Waals surface area (Å²) >= 11 is 0. The van der Waals surface area contributed by atoms with Crippen molar-refractivity contribution in [2.75, 3.05) is 4.90 Å². The van der Waals surface area contributed by atoms with Crippen LogP contribution in [0.2, 0.25) is 0 Å². The van der Waals surface area contributed by atoms with Gasteiger partial charge < -0.3 is 10.2 Å². The molecule has 0 aliphatic rings. The van der Waals surface area contributed by atoms with E-state index in [4.69, 9.17) is 0 Å². The lowest BCUT2D eigenvalue weighted by atomic mass is 10.1. The number of carbonyl (C=O) groups excluding carboxylic acids is 2. The summed E-state index contributed by atoms with van der Waals surface area (Å²) in [5.74, 6) is -1.91. The second-order valence-corrected chi connectivity index (χ2v) is 7.57. The average molecular weight is 449 g/mol. The van der Waals surface area contributed by atoms with Crippen LogP contribution in [0.15, 0.2) is 66.7 Å². The topological polar surface area (TPSA) is 80.1 Å². The SMILES string of the molecule is CC(=O)NCc1ccc(N(Cc2cc(F)cc(F)c2)C(=O)Cn2nnc3ccccc32)cc1. The minimum absolute atomic E-state index is 0.0365. The lowest BCUT2D eigenvalue weighted by Gasteiger charge is -2.23. The molecule has 0 atom stereocenters. The molecule has 0 unspecified atom stereocenters. The molecule has 4 rings (SSSR count). The second kappa shape index (κ2) is 9.56. The molecule has 0 spiro atoms. The van der Waals surface area contributed by atoms with E-state index in [1.807, 2.05) is 18.2 Å². The van der Waals surface area contributed by atoms with Crippen LogP contribution in [0.25, 0.3) is 11.0 Å². The van der Waals surface area contributed by atoms with Crippen molar-refractivity contribution >= 4 is 28.5 Å². The highest BCUT2D eigenvalue weighted by Gasteiger charge is 2.19. The molecule has 2 amide bonds. The summed E-state index contributed by atoms with van der Waals surface area (Å²) in [4.78, 5) is 25.9. The van der Waals surface area contributed by atoms with Crippen molar-refractivity contribution in [1.82, 2.24) is 20.3 Å². The lowest BCUT2D eigenvalue weighted by molar-refractivity contribution is -0.120. The Morgan fingerprint density at radius 3 is 2.36 bits per heavy atom. The first-order valence-electron chi connectivity index (χ1n) is 10.3. The second-order valence-electron chi connectivity index (χ2n) is 7.57. The fraction of sp³-hybridized carbons (Fsp3) is 0.167. The highest BCUT2D eigenvalue weighted by molar-refractivity contribution is 5.93. The molecule has 33 heavy (non-hydrogen) atoms. The molecule has 1 aromatic heterocycles. The number of hydrogen-bond acceptors (Lipinski definition) is 4. The summed E-state index contributed by atoms with van der Waals surface area (Å²) in [6.07, 6.45) is 0. The molecule has 4 aromatic rings. The summed E-state index contributed by atoms with van der Waals surface area (Å²) in [7, 11) is 0. The van der Waals surface area contributed by atoms with Gasteiger partial charge in [-0.25, -0.2) is 13.5 Å². The van der Waals surface area contributed by atoms with Gasteiger partial charge in [-0.1, -0.05) is 29.5 Å². The van der Waals surface area contributed by atoms with Crippen molar-refractivity contribution < 1.29 is 18.4 Å². The standard InChI is InChI=1S/C24H21F2N5O2/c1-16(32)27-13-17-6-8-21(9-7-17)30(14-18-10-19(25)12-20(26)11-18)24(33)15-31-23-5-3-2-4-22(23)28-29-31/h2-12H,13-15H2,1H3,(H,27,32). The summed E-state index contributed by atoms with van der Waals surface area (Å²) in [5.41, 5.74) is 3.06. The summed E-state index contributed by atoms with van der Waals surface area (Å²) < 4.78 is 29.0. The van der Waals surface area contributed by atoms with Crippen molar-refractivity contribution in [3.63, 3.8) is 0 Å². The minimum atomic E-state index is -0.717. The number of nitrogens with zero attached hydrogens (tertiary/aromatic N) is 4. The van der Waals surface area contributed by atoms with Crippen molar-refractivity contribution in [2.24, 2.45) is 0 Å². The van der Waals surface area contributed by atoms with Gasteiger partial charge in [-0.05, 0) is 47.5 Å². The largest absolute Gasteiger partial charge is 0.352 e. The number of halogens is 2. The predicted octanol–water partition coefficient (Wildman–Crippen LogP) is 3.58. The number of hydrogen-bond donors (Lipinski definition) is 1. The fourth-order valence-corrected chi connectivity index (χ4v) is 3.48. The molecule has 9 heteroatoms. The third-order valence-corrected chi connectivity index (χ3v) is 5.06. The number of aromatic nitrogens is 3. The number of anilines is 1. The van der Waals surface area contributed by atoms with E-state index in [1.54, 1.807) is 30.3 Å². The number of carbonyl (C=O) groups is 2. The van der Waals surface area contributed by atoms with E-state index in [9.17, 15) is 18.4 Å². The molecule has 0 aliphatic carbocycles. The van der Waals surface area contributed by atoms with Gasteiger partial charge >= 0.3 is 0 Å². The maximum absolute atomic E-state index is 13.8. The Bertz CT molecular complexity index is 1280. The molecule has 1 N–H and O–H groups in total. The molecule has 0 saturated carbocycles. The summed E-state index contributed by atoms with van der Waals surface area (Å²) in [6.45, 7) is 1.64. The Balaban J connectivity index is 1.63.